The zero-order valence-corrected chi connectivity index (χ0v) is 19.9. The number of nitrogens with zero attached hydrogens (tertiary/aromatic N) is 1. The van der Waals surface area contributed by atoms with Gasteiger partial charge in [-0.1, -0.05) is 29.8 Å². The number of sulfonamides is 1. The van der Waals surface area contributed by atoms with Gasteiger partial charge >= 0.3 is 0 Å². The molecule has 0 radical (unpaired) electrons. The Morgan fingerprint density at radius 3 is 2.38 bits per heavy atom. The van der Waals surface area contributed by atoms with E-state index in [0.29, 0.717) is 31.1 Å². The van der Waals surface area contributed by atoms with E-state index in [9.17, 15) is 13.2 Å². The molecule has 2 heterocycles. The summed E-state index contributed by atoms with van der Waals surface area (Å²) in [7, 11) is -3.73. The molecule has 3 aromatic rings. The van der Waals surface area contributed by atoms with E-state index in [1.54, 1.807) is 12.1 Å². The van der Waals surface area contributed by atoms with E-state index in [0.717, 1.165) is 24.2 Å². The molecular formula is C25H29N3O5S. The minimum absolute atomic E-state index is 0.0529. The second-order valence-electron chi connectivity index (χ2n) is 8.28. The van der Waals surface area contributed by atoms with E-state index in [1.807, 2.05) is 31.2 Å². The number of nitrogens with one attached hydrogen (secondary N) is 2. The first-order valence-electron chi connectivity index (χ1n) is 11.2. The van der Waals surface area contributed by atoms with Crippen LogP contribution in [-0.2, 0) is 21.3 Å². The van der Waals surface area contributed by atoms with Crippen molar-refractivity contribution in [1.29, 1.82) is 0 Å². The van der Waals surface area contributed by atoms with Crippen molar-refractivity contribution in [2.75, 3.05) is 32.8 Å². The van der Waals surface area contributed by atoms with Gasteiger partial charge in [-0.25, -0.2) is 13.1 Å². The molecule has 1 saturated heterocycles. The Kier molecular flexibility index (Phi) is 7.79. The summed E-state index contributed by atoms with van der Waals surface area (Å²) in [5, 5.41) is 3.12. The lowest BCUT2D eigenvalue weighted by atomic mass is 10.0. The maximum Gasteiger partial charge on any atom is 0.251 e. The molecule has 180 valence electrons. The highest BCUT2D eigenvalue weighted by Gasteiger charge is 2.21. The fourth-order valence-electron chi connectivity index (χ4n) is 3.76. The number of ether oxygens (including phenoxy) is 1. The zero-order chi connectivity index (χ0) is 24.0. The predicted octanol–water partition coefficient (Wildman–Crippen LogP) is 2.87. The number of furan rings is 1. The molecule has 1 unspecified atom stereocenters. The molecule has 1 aliphatic rings. The van der Waals surface area contributed by atoms with Crippen molar-refractivity contribution in [2.24, 2.45) is 0 Å². The monoisotopic (exact) mass is 483 g/mol. The Bertz CT molecular complexity index is 1170. The maximum absolute atomic E-state index is 13.0. The van der Waals surface area contributed by atoms with Crippen LogP contribution in [0.1, 0.15) is 33.3 Å². The molecule has 1 atom stereocenters. The van der Waals surface area contributed by atoms with E-state index in [1.165, 1.54) is 30.5 Å². The fraction of sp³-hybridized carbons (Fsp3) is 0.320. The first-order valence-corrected chi connectivity index (χ1v) is 12.7. The van der Waals surface area contributed by atoms with Gasteiger partial charge in [0.1, 0.15) is 5.76 Å². The van der Waals surface area contributed by atoms with Crippen LogP contribution in [-0.4, -0.2) is 52.1 Å². The number of amides is 1. The number of aryl methyl sites for hydroxylation is 1. The van der Waals surface area contributed by atoms with Crippen LogP contribution in [0.5, 0.6) is 0 Å². The highest BCUT2D eigenvalue weighted by atomic mass is 32.2. The molecule has 1 aliphatic heterocycles. The molecule has 1 fully saturated rings. The highest BCUT2D eigenvalue weighted by Crippen LogP contribution is 2.18. The molecule has 8 nitrogen and oxygen atoms in total. The minimum atomic E-state index is -3.73. The average molecular weight is 484 g/mol. The average Bonchev–Trinajstić information content (AvgIpc) is 3.38. The van der Waals surface area contributed by atoms with Crippen LogP contribution in [0.15, 0.2) is 76.2 Å². The van der Waals surface area contributed by atoms with Gasteiger partial charge in [0.25, 0.3) is 5.91 Å². The zero-order valence-electron chi connectivity index (χ0n) is 19.1. The van der Waals surface area contributed by atoms with Crippen molar-refractivity contribution in [3.8, 4) is 0 Å². The van der Waals surface area contributed by atoms with E-state index in [-0.39, 0.29) is 23.4 Å². The summed E-state index contributed by atoms with van der Waals surface area (Å²) in [5.41, 5.74) is 2.56. The van der Waals surface area contributed by atoms with Gasteiger partial charge in [0, 0.05) is 25.2 Å². The smallest absolute Gasteiger partial charge is 0.251 e. The second kappa shape index (κ2) is 11.0. The molecule has 2 aromatic carbocycles. The van der Waals surface area contributed by atoms with Crippen molar-refractivity contribution in [3.63, 3.8) is 0 Å². The van der Waals surface area contributed by atoms with Crippen LogP contribution < -0.4 is 10.0 Å². The normalized spacial score (nSPS) is 15.7. The lowest BCUT2D eigenvalue weighted by Crippen LogP contribution is -2.43. The fourth-order valence-corrected chi connectivity index (χ4v) is 4.76. The molecule has 0 bridgehead atoms. The first-order chi connectivity index (χ1) is 16.4. The molecule has 0 saturated carbocycles. The standard InChI is InChI=1S/C25H29N3O5S/c1-19-4-6-20(7-5-19)24(18-28-12-15-32-16-13-28)27-25(29)21-8-10-23(11-9-21)34(30,31)26-17-22-3-2-14-33-22/h2-11,14,24,26H,12-13,15-18H2,1H3,(H,27,29). The Balaban J connectivity index is 1.44. The number of rotatable bonds is 9. The van der Waals surface area contributed by atoms with E-state index in [2.05, 4.69) is 14.9 Å². The van der Waals surface area contributed by atoms with Crippen molar-refractivity contribution in [3.05, 3.63) is 89.4 Å². The number of hydrogen-bond donors (Lipinski definition) is 2. The Morgan fingerprint density at radius 1 is 1.03 bits per heavy atom. The molecule has 0 aliphatic carbocycles. The van der Waals surface area contributed by atoms with E-state index in [4.69, 9.17) is 9.15 Å². The van der Waals surface area contributed by atoms with Gasteiger partial charge in [-0.3, -0.25) is 9.69 Å². The topological polar surface area (TPSA) is 101 Å². The van der Waals surface area contributed by atoms with Crippen LogP contribution in [0.2, 0.25) is 0 Å². The third kappa shape index (κ3) is 6.32. The van der Waals surface area contributed by atoms with E-state index >= 15 is 0 Å². The van der Waals surface area contributed by atoms with Gasteiger partial charge < -0.3 is 14.5 Å². The first kappa shape index (κ1) is 24.2. The quantitative estimate of drug-likeness (QED) is 0.485. The molecule has 9 heteroatoms. The largest absolute Gasteiger partial charge is 0.468 e. The van der Waals surface area contributed by atoms with Gasteiger partial charge in [-0.2, -0.15) is 0 Å². The number of carbonyl (C=O) groups is 1. The third-order valence-corrected chi connectivity index (χ3v) is 7.19. The number of carbonyl (C=O) groups excluding carboxylic acids is 1. The maximum atomic E-state index is 13.0. The van der Waals surface area contributed by atoms with Gasteiger partial charge in [0.2, 0.25) is 10.0 Å². The minimum Gasteiger partial charge on any atom is -0.468 e. The van der Waals surface area contributed by atoms with Crippen LogP contribution in [0, 0.1) is 6.92 Å². The summed E-state index contributed by atoms with van der Waals surface area (Å²) >= 11 is 0. The van der Waals surface area contributed by atoms with Crippen molar-refractivity contribution >= 4 is 15.9 Å². The second-order valence-corrected chi connectivity index (χ2v) is 10.0. The van der Waals surface area contributed by atoms with Gasteiger partial charge in [-0.05, 0) is 48.9 Å². The summed E-state index contributed by atoms with van der Waals surface area (Å²) in [6, 6.07) is 17.2. The highest BCUT2D eigenvalue weighted by molar-refractivity contribution is 7.89. The number of morpholine rings is 1. The molecule has 4 rings (SSSR count). The third-order valence-electron chi connectivity index (χ3n) is 5.77. The molecule has 1 aromatic heterocycles. The van der Waals surface area contributed by atoms with Crippen LogP contribution >= 0.6 is 0 Å². The molecular weight excluding hydrogens is 454 g/mol. The van der Waals surface area contributed by atoms with E-state index < -0.39 is 10.0 Å². The summed E-state index contributed by atoms with van der Waals surface area (Å²) in [4.78, 5) is 15.4. The lowest BCUT2D eigenvalue weighted by Gasteiger charge is -2.31. The van der Waals surface area contributed by atoms with Gasteiger partial charge in [0.05, 0.1) is 37.0 Å². The molecule has 2 N–H and O–H groups in total. The van der Waals surface area contributed by atoms with Crippen molar-refractivity contribution < 1.29 is 22.4 Å². The Labute approximate surface area is 200 Å². The van der Waals surface area contributed by atoms with Crippen LogP contribution in [0.4, 0.5) is 0 Å². The molecule has 34 heavy (non-hydrogen) atoms. The number of hydrogen-bond acceptors (Lipinski definition) is 6. The Morgan fingerprint density at radius 2 is 1.74 bits per heavy atom. The van der Waals surface area contributed by atoms with Crippen molar-refractivity contribution in [1.82, 2.24) is 14.9 Å². The Hall–Kier alpha value is -2.98. The van der Waals surface area contributed by atoms with Crippen LogP contribution in [0.25, 0.3) is 0 Å². The van der Waals surface area contributed by atoms with Crippen molar-refractivity contribution in [2.45, 2.75) is 24.4 Å². The molecule has 1 amide bonds. The SMILES string of the molecule is Cc1ccc(C(CN2CCOCC2)NC(=O)c2ccc(S(=O)(=O)NCc3ccco3)cc2)cc1. The van der Waals surface area contributed by atoms with Crippen LogP contribution in [0.3, 0.4) is 0 Å². The summed E-state index contributed by atoms with van der Waals surface area (Å²) in [6.45, 7) is 5.74. The molecule has 0 spiro atoms. The van der Waals surface area contributed by atoms with Gasteiger partial charge in [0.15, 0.2) is 0 Å². The summed E-state index contributed by atoms with van der Waals surface area (Å²) < 4.78 is 38.2. The summed E-state index contributed by atoms with van der Waals surface area (Å²) in [5.74, 6) is 0.258. The summed E-state index contributed by atoms with van der Waals surface area (Å²) in [6.07, 6.45) is 1.49. The predicted molar refractivity (Wildman–Crippen MR) is 128 cm³/mol. The number of benzene rings is 2. The lowest BCUT2D eigenvalue weighted by molar-refractivity contribution is 0.0332. The van der Waals surface area contributed by atoms with Gasteiger partial charge in [-0.15, -0.1) is 0 Å².